The molecule has 32 heavy (non-hydrogen) atoms. The summed E-state index contributed by atoms with van der Waals surface area (Å²) >= 11 is 3.41. The van der Waals surface area contributed by atoms with Gasteiger partial charge in [-0.25, -0.2) is 4.79 Å². The molecule has 164 valence electrons. The summed E-state index contributed by atoms with van der Waals surface area (Å²) in [5.74, 6) is -0.656. The molecular formula is C25H24BrN3O3. The third kappa shape index (κ3) is 4.26. The molecule has 2 atom stereocenters. The van der Waals surface area contributed by atoms with Crippen LogP contribution in [-0.4, -0.2) is 23.1 Å². The Labute approximate surface area is 195 Å². The van der Waals surface area contributed by atoms with Crippen molar-refractivity contribution < 1.29 is 14.7 Å². The van der Waals surface area contributed by atoms with E-state index >= 15 is 0 Å². The second-order valence-electron chi connectivity index (χ2n) is 7.86. The van der Waals surface area contributed by atoms with Crippen LogP contribution in [0.4, 0.5) is 16.2 Å². The topological polar surface area (TPSA) is 81.7 Å². The molecule has 0 saturated heterocycles. The van der Waals surface area contributed by atoms with Gasteiger partial charge in [-0.2, -0.15) is 0 Å². The maximum Gasteiger partial charge on any atom is 0.329 e. The van der Waals surface area contributed by atoms with E-state index in [4.69, 9.17) is 0 Å². The summed E-state index contributed by atoms with van der Waals surface area (Å²) in [6, 6.07) is 22.9. The molecule has 3 aromatic rings. The summed E-state index contributed by atoms with van der Waals surface area (Å²) in [5, 5.41) is 17.6. The van der Waals surface area contributed by atoms with Crippen molar-refractivity contribution >= 4 is 39.2 Å². The van der Waals surface area contributed by atoms with Crippen molar-refractivity contribution in [2.75, 3.05) is 10.2 Å². The van der Waals surface area contributed by atoms with Gasteiger partial charge in [-0.1, -0.05) is 64.5 Å². The van der Waals surface area contributed by atoms with E-state index in [0.717, 1.165) is 11.3 Å². The van der Waals surface area contributed by atoms with E-state index in [-0.39, 0.29) is 6.04 Å². The maximum atomic E-state index is 13.5. The lowest BCUT2D eigenvalue weighted by atomic mass is 9.94. The van der Waals surface area contributed by atoms with E-state index < -0.39 is 17.7 Å². The Hall–Kier alpha value is -3.16. The van der Waals surface area contributed by atoms with Gasteiger partial charge in [0.05, 0.1) is 5.69 Å². The summed E-state index contributed by atoms with van der Waals surface area (Å²) in [7, 11) is 0. The van der Waals surface area contributed by atoms with Gasteiger partial charge in [0.25, 0.3) is 11.6 Å². The molecule has 0 aliphatic carbocycles. The summed E-state index contributed by atoms with van der Waals surface area (Å²) in [6.07, 6.45) is 1.47. The minimum absolute atomic E-state index is 0.218. The molecule has 0 spiro atoms. The van der Waals surface area contributed by atoms with Gasteiger partial charge >= 0.3 is 6.03 Å². The van der Waals surface area contributed by atoms with E-state index in [0.29, 0.717) is 27.8 Å². The zero-order valence-electron chi connectivity index (χ0n) is 17.6. The summed E-state index contributed by atoms with van der Waals surface area (Å²) in [4.78, 5) is 27.7. The molecule has 1 aliphatic heterocycles. The van der Waals surface area contributed by atoms with E-state index in [1.807, 2.05) is 37.3 Å². The van der Waals surface area contributed by atoms with Crippen LogP contribution >= 0.6 is 15.9 Å². The average molecular weight is 494 g/mol. The number of aliphatic hydroxyl groups is 1. The third-order valence-electron chi connectivity index (χ3n) is 5.54. The van der Waals surface area contributed by atoms with Gasteiger partial charge in [0.15, 0.2) is 0 Å². The third-order valence-corrected chi connectivity index (χ3v) is 6.04. The summed E-state index contributed by atoms with van der Waals surface area (Å²) in [6.45, 7) is 1.89. The van der Waals surface area contributed by atoms with E-state index in [2.05, 4.69) is 26.6 Å². The molecule has 0 radical (unpaired) electrons. The normalized spacial score (nSPS) is 18.5. The first-order chi connectivity index (χ1) is 15.4. The molecule has 0 saturated carbocycles. The Morgan fingerprint density at radius 2 is 1.75 bits per heavy atom. The standard InChI is InChI=1S/C25H24BrN3O3/c1-17(12-13-18-8-4-2-5-9-18)27-23(30)25(32)21-16-19(26)14-15-22(21)28-24(31)29(25)20-10-6-3-7-11-20/h2-11,14-17,32H,12-13H2,1H3,(H,27,30)(H,28,31)/t17-,25+/m0/s1. The van der Waals surface area contributed by atoms with Gasteiger partial charge in [-0.05, 0) is 55.7 Å². The molecule has 1 aliphatic rings. The van der Waals surface area contributed by atoms with Crippen LogP contribution in [0.1, 0.15) is 24.5 Å². The van der Waals surface area contributed by atoms with Crippen LogP contribution < -0.4 is 15.5 Å². The van der Waals surface area contributed by atoms with Crippen molar-refractivity contribution in [2.24, 2.45) is 0 Å². The van der Waals surface area contributed by atoms with Gasteiger partial charge in [0.2, 0.25) is 0 Å². The number of anilines is 2. The molecule has 0 aromatic heterocycles. The number of halogens is 1. The lowest BCUT2D eigenvalue weighted by Crippen LogP contribution is -2.63. The minimum atomic E-state index is -2.22. The number of fused-ring (bicyclic) bond motifs is 1. The van der Waals surface area contributed by atoms with Crippen molar-refractivity contribution in [2.45, 2.75) is 31.5 Å². The number of amides is 3. The largest absolute Gasteiger partial charge is 0.359 e. The highest BCUT2D eigenvalue weighted by Crippen LogP contribution is 2.41. The fourth-order valence-electron chi connectivity index (χ4n) is 3.88. The maximum absolute atomic E-state index is 13.5. The van der Waals surface area contributed by atoms with Crippen LogP contribution in [0.3, 0.4) is 0 Å². The van der Waals surface area contributed by atoms with Gasteiger partial charge in [-0.3, -0.25) is 9.69 Å². The van der Waals surface area contributed by atoms with Crippen LogP contribution in [-0.2, 0) is 16.9 Å². The zero-order valence-corrected chi connectivity index (χ0v) is 19.2. The molecule has 3 aromatic carbocycles. The van der Waals surface area contributed by atoms with Gasteiger partial charge < -0.3 is 15.7 Å². The van der Waals surface area contributed by atoms with Crippen molar-refractivity contribution in [3.8, 4) is 0 Å². The number of carbonyl (C=O) groups excluding carboxylic acids is 2. The predicted octanol–water partition coefficient (Wildman–Crippen LogP) is 4.78. The molecule has 3 N–H and O–H groups in total. The predicted molar refractivity (Wildman–Crippen MR) is 128 cm³/mol. The Morgan fingerprint density at radius 3 is 2.44 bits per heavy atom. The quantitative estimate of drug-likeness (QED) is 0.461. The lowest BCUT2D eigenvalue weighted by Gasteiger charge is -2.43. The Balaban J connectivity index is 1.66. The molecular weight excluding hydrogens is 470 g/mol. The number of aryl methyl sites for hydroxylation is 1. The number of benzene rings is 3. The molecule has 1 heterocycles. The number of nitrogens with zero attached hydrogens (tertiary/aromatic N) is 1. The number of rotatable bonds is 6. The fourth-order valence-corrected chi connectivity index (χ4v) is 4.24. The highest BCUT2D eigenvalue weighted by molar-refractivity contribution is 9.10. The average Bonchev–Trinajstić information content (AvgIpc) is 2.79. The molecule has 0 bridgehead atoms. The number of hydrogen-bond donors (Lipinski definition) is 3. The zero-order chi connectivity index (χ0) is 22.7. The SMILES string of the molecule is C[C@@H](CCc1ccccc1)NC(=O)[C@]1(O)c2cc(Br)ccc2NC(=O)N1c1ccccc1. The summed E-state index contributed by atoms with van der Waals surface area (Å²) in [5.41, 5.74) is 0.0434. The van der Waals surface area contributed by atoms with Crippen LogP contribution in [0.15, 0.2) is 83.3 Å². The number of carbonyl (C=O) groups is 2. The number of hydrogen-bond acceptors (Lipinski definition) is 3. The minimum Gasteiger partial charge on any atom is -0.359 e. The first-order valence-corrected chi connectivity index (χ1v) is 11.2. The molecule has 0 unspecified atom stereocenters. The molecule has 3 amide bonds. The monoisotopic (exact) mass is 493 g/mol. The highest BCUT2D eigenvalue weighted by atomic mass is 79.9. The van der Waals surface area contributed by atoms with Crippen molar-refractivity contribution in [3.63, 3.8) is 0 Å². The molecule has 0 fully saturated rings. The van der Waals surface area contributed by atoms with E-state index in [9.17, 15) is 14.7 Å². The Morgan fingerprint density at radius 1 is 1.09 bits per heavy atom. The second kappa shape index (κ2) is 9.14. The molecule has 4 rings (SSSR count). The van der Waals surface area contributed by atoms with Crippen LogP contribution in [0.2, 0.25) is 0 Å². The second-order valence-corrected chi connectivity index (χ2v) is 8.78. The number of nitrogens with one attached hydrogen (secondary N) is 2. The van der Waals surface area contributed by atoms with Crippen molar-refractivity contribution in [1.82, 2.24) is 5.32 Å². The Kier molecular flexibility index (Phi) is 6.30. The lowest BCUT2D eigenvalue weighted by molar-refractivity contribution is -0.141. The Bertz CT molecular complexity index is 1120. The van der Waals surface area contributed by atoms with Crippen LogP contribution in [0, 0.1) is 0 Å². The smallest absolute Gasteiger partial charge is 0.329 e. The highest BCUT2D eigenvalue weighted by Gasteiger charge is 2.52. The number of urea groups is 1. The van der Waals surface area contributed by atoms with Crippen LogP contribution in [0.25, 0.3) is 0 Å². The fraction of sp³-hybridized carbons (Fsp3) is 0.200. The summed E-state index contributed by atoms with van der Waals surface area (Å²) < 4.78 is 0.684. The van der Waals surface area contributed by atoms with Crippen molar-refractivity contribution in [1.29, 1.82) is 0 Å². The number of para-hydroxylation sites is 1. The van der Waals surface area contributed by atoms with E-state index in [1.54, 1.807) is 48.5 Å². The van der Waals surface area contributed by atoms with Gasteiger partial charge in [0.1, 0.15) is 0 Å². The van der Waals surface area contributed by atoms with E-state index in [1.165, 1.54) is 5.56 Å². The van der Waals surface area contributed by atoms with Crippen LogP contribution in [0.5, 0.6) is 0 Å². The molecule has 7 heteroatoms. The van der Waals surface area contributed by atoms with Gasteiger partial charge in [-0.15, -0.1) is 0 Å². The molecule has 6 nitrogen and oxygen atoms in total. The first kappa shape index (κ1) is 22.0. The van der Waals surface area contributed by atoms with Crippen molar-refractivity contribution in [3.05, 3.63) is 94.5 Å². The van der Waals surface area contributed by atoms with Gasteiger partial charge in [0, 0.05) is 21.8 Å². The first-order valence-electron chi connectivity index (χ1n) is 10.4.